The second kappa shape index (κ2) is 12.3. The van der Waals surface area contributed by atoms with E-state index in [0.717, 1.165) is 26.3 Å². The first-order chi connectivity index (χ1) is 15.6. The third kappa shape index (κ3) is 8.14. The minimum absolute atomic E-state index is 0.234. The van der Waals surface area contributed by atoms with E-state index >= 15 is 0 Å². The lowest BCUT2D eigenvalue weighted by Gasteiger charge is -2.45. The summed E-state index contributed by atoms with van der Waals surface area (Å²) in [6.45, 7) is 4.31. The summed E-state index contributed by atoms with van der Waals surface area (Å²) >= 11 is 0. The highest BCUT2D eigenvalue weighted by atomic mass is 16.7. The number of ether oxygens (including phenoxy) is 5. The molecule has 1 N–H and O–H groups in total. The van der Waals surface area contributed by atoms with Crippen LogP contribution in [0.2, 0.25) is 0 Å². The molecule has 1 aromatic rings. The zero-order valence-electron chi connectivity index (χ0n) is 19.1. The molecule has 0 spiro atoms. The molecule has 1 heterocycles. The Morgan fingerprint density at radius 3 is 1.94 bits per heavy atom. The van der Waals surface area contributed by atoms with Crippen molar-refractivity contribution in [3.8, 4) is 0 Å². The van der Waals surface area contributed by atoms with Crippen LogP contribution in [0.1, 0.15) is 39.7 Å². The van der Waals surface area contributed by atoms with Crippen molar-refractivity contribution in [3.05, 3.63) is 35.9 Å². The summed E-state index contributed by atoms with van der Waals surface area (Å²) in [7, 11) is 0. The Morgan fingerprint density at radius 1 is 0.848 bits per heavy atom. The molecule has 1 saturated heterocycles. The van der Waals surface area contributed by atoms with E-state index in [1.165, 1.54) is 6.92 Å². The molecule has 1 aromatic carbocycles. The molecule has 2 rings (SSSR count). The van der Waals surface area contributed by atoms with Crippen LogP contribution in [-0.2, 0) is 49.3 Å². The summed E-state index contributed by atoms with van der Waals surface area (Å²) in [6.07, 6.45) is -6.44. The Morgan fingerprint density at radius 2 is 1.39 bits per heavy atom. The van der Waals surface area contributed by atoms with Gasteiger partial charge in [-0.1, -0.05) is 30.3 Å². The quantitative estimate of drug-likeness (QED) is 0.416. The van der Waals surface area contributed by atoms with Crippen LogP contribution in [0, 0.1) is 0 Å². The standard InChI is InChI=1S/C23H30O10/c1-13(24)29-12-19-21(30-14(2)25)23(32-16(4)27)22(31-15(3)26)20(33-19)18(28)11-10-17-8-6-5-7-9-17/h5-9,18-23,28H,10-12H2,1-4H3/t18?,19?,20-,21+,22?,23?/m0/s1. The lowest BCUT2D eigenvalue weighted by molar-refractivity contribution is -0.266. The maximum absolute atomic E-state index is 11.8. The molecule has 10 nitrogen and oxygen atoms in total. The van der Waals surface area contributed by atoms with Gasteiger partial charge in [0.15, 0.2) is 18.3 Å². The summed E-state index contributed by atoms with van der Waals surface area (Å²) in [5, 5.41) is 11.0. The number of rotatable bonds is 9. The number of benzene rings is 1. The summed E-state index contributed by atoms with van der Waals surface area (Å²) in [6, 6.07) is 9.42. The predicted molar refractivity (Wildman–Crippen MR) is 113 cm³/mol. The van der Waals surface area contributed by atoms with Crippen LogP contribution in [0.25, 0.3) is 0 Å². The molecule has 0 saturated carbocycles. The highest BCUT2D eigenvalue weighted by molar-refractivity contribution is 5.68. The average molecular weight is 466 g/mol. The van der Waals surface area contributed by atoms with Gasteiger partial charge in [-0.25, -0.2) is 0 Å². The van der Waals surface area contributed by atoms with Gasteiger partial charge in [0.05, 0.1) is 6.10 Å². The molecule has 6 atom stereocenters. The van der Waals surface area contributed by atoms with Gasteiger partial charge in [0.25, 0.3) is 0 Å². The lowest BCUT2D eigenvalue weighted by atomic mass is 9.89. The van der Waals surface area contributed by atoms with Crippen LogP contribution >= 0.6 is 0 Å². The molecule has 33 heavy (non-hydrogen) atoms. The second-order valence-electron chi connectivity index (χ2n) is 7.76. The number of esters is 4. The predicted octanol–water partition coefficient (Wildman–Crippen LogP) is 1.11. The third-order valence-corrected chi connectivity index (χ3v) is 4.98. The monoisotopic (exact) mass is 466 g/mol. The molecule has 0 radical (unpaired) electrons. The molecular formula is C23H30O10. The van der Waals surface area contributed by atoms with E-state index in [9.17, 15) is 24.3 Å². The average Bonchev–Trinajstić information content (AvgIpc) is 2.73. The van der Waals surface area contributed by atoms with Gasteiger partial charge in [0.2, 0.25) is 0 Å². The van der Waals surface area contributed by atoms with Gasteiger partial charge in [0.1, 0.15) is 18.8 Å². The fourth-order valence-corrected chi connectivity index (χ4v) is 3.70. The van der Waals surface area contributed by atoms with E-state index in [4.69, 9.17) is 23.7 Å². The number of aliphatic hydroxyl groups excluding tert-OH is 1. The zero-order valence-corrected chi connectivity index (χ0v) is 19.1. The largest absolute Gasteiger partial charge is 0.463 e. The third-order valence-electron chi connectivity index (χ3n) is 4.98. The van der Waals surface area contributed by atoms with Gasteiger partial charge in [-0.3, -0.25) is 19.2 Å². The molecule has 0 aromatic heterocycles. The smallest absolute Gasteiger partial charge is 0.303 e. The SMILES string of the molecule is CC(=O)OCC1O[C@@H](C(O)CCc2ccccc2)C(OC(C)=O)C(OC(C)=O)[C@@H]1OC(C)=O. The molecule has 182 valence electrons. The first-order valence-corrected chi connectivity index (χ1v) is 10.6. The van der Waals surface area contributed by atoms with Gasteiger partial charge in [-0.2, -0.15) is 0 Å². The number of hydrogen-bond donors (Lipinski definition) is 1. The molecule has 1 aliphatic rings. The lowest BCUT2D eigenvalue weighted by Crippen LogP contribution is -2.64. The van der Waals surface area contributed by atoms with Crippen LogP contribution in [0.5, 0.6) is 0 Å². The van der Waals surface area contributed by atoms with Crippen molar-refractivity contribution in [2.75, 3.05) is 6.61 Å². The van der Waals surface area contributed by atoms with E-state index in [2.05, 4.69) is 0 Å². The Hall–Kier alpha value is -2.98. The van der Waals surface area contributed by atoms with E-state index in [-0.39, 0.29) is 13.0 Å². The molecule has 0 amide bonds. The maximum atomic E-state index is 11.8. The number of hydrogen-bond acceptors (Lipinski definition) is 10. The van der Waals surface area contributed by atoms with E-state index in [0.29, 0.717) is 6.42 Å². The van der Waals surface area contributed by atoms with Gasteiger partial charge in [0, 0.05) is 27.7 Å². The molecule has 0 aliphatic carbocycles. The summed E-state index contributed by atoms with van der Waals surface area (Å²) in [5.74, 6) is -2.74. The summed E-state index contributed by atoms with van der Waals surface area (Å²) < 4.78 is 27.1. The highest BCUT2D eigenvalue weighted by Crippen LogP contribution is 2.31. The Kier molecular flexibility index (Phi) is 9.80. The van der Waals surface area contributed by atoms with Gasteiger partial charge in [-0.05, 0) is 18.4 Å². The molecule has 0 bridgehead atoms. The Balaban J connectivity index is 2.36. The first kappa shape index (κ1) is 26.3. The van der Waals surface area contributed by atoms with Crippen molar-refractivity contribution in [1.82, 2.24) is 0 Å². The van der Waals surface area contributed by atoms with Crippen LogP contribution < -0.4 is 0 Å². The van der Waals surface area contributed by atoms with Gasteiger partial charge < -0.3 is 28.8 Å². The molecule has 4 unspecified atom stereocenters. The molecule has 10 heteroatoms. The van der Waals surface area contributed by atoms with Crippen LogP contribution in [0.3, 0.4) is 0 Å². The number of aliphatic hydroxyl groups is 1. The zero-order chi connectivity index (χ0) is 24.5. The van der Waals surface area contributed by atoms with Crippen molar-refractivity contribution in [2.45, 2.75) is 77.2 Å². The summed E-state index contributed by atoms with van der Waals surface area (Å²) in [4.78, 5) is 46.8. The summed E-state index contributed by atoms with van der Waals surface area (Å²) in [5.41, 5.74) is 0.974. The van der Waals surface area contributed by atoms with Crippen molar-refractivity contribution >= 4 is 23.9 Å². The molecule has 1 aliphatic heterocycles. The Bertz CT molecular complexity index is 824. The number of carbonyl (C=O) groups is 4. The van der Waals surface area contributed by atoms with Crippen molar-refractivity contribution < 1.29 is 48.0 Å². The second-order valence-corrected chi connectivity index (χ2v) is 7.76. The highest BCUT2D eigenvalue weighted by Gasteiger charge is 2.53. The minimum Gasteiger partial charge on any atom is -0.463 e. The van der Waals surface area contributed by atoms with Crippen molar-refractivity contribution in [3.63, 3.8) is 0 Å². The van der Waals surface area contributed by atoms with Crippen molar-refractivity contribution in [2.24, 2.45) is 0 Å². The van der Waals surface area contributed by atoms with Crippen LogP contribution in [-0.4, -0.2) is 72.2 Å². The Labute approximate surface area is 192 Å². The minimum atomic E-state index is -1.29. The van der Waals surface area contributed by atoms with Gasteiger partial charge in [-0.15, -0.1) is 0 Å². The maximum Gasteiger partial charge on any atom is 0.303 e. The number of carbonyl (C=O) groups excluding carboxylic acids is 4. The van der Waals surface area contributed by atoms with E-state index < -0.39 is 60.5 Å². The van der Waals surface area contributed by atoms with Crippen molar-refractivity contribution in [1.29, 1.82) is 0 Å². The normalized spacial score (nSPS) is 25.4. The molecular weight excluding hydrogens is 436 g/mol. The fraction of sp³-hybridized carbons (Fsp3) is 0.565. The van der Waals surface area contributed by atoms with Crippen LogP contribution in [0.4, 0.5) is 0 Å². The number of aryl methyl sites for hydroxylation is 1. The first-order valence-electron chi connectivity index (χ1n) is 10.6. The fourth-order valence-electron chi connectivity index (χ4n) is 3.70. The van der Waals surface area contributed by atoms with E-state index in [1.807, 2.05) is 30.3 Å². The van der Waals surface area contributed by atoms with Crippen LogP contribution in [0.15, 0.2) is 30.3 Å². The van der Waals surface area contributed by atoms with Gasteiger partial charge >= 0.3 is 23.9 Å². The van der Waals surface area contributed by atoms with E-state index in [1.54, 1.807) is 0 Å². The molecule has 1 fully saturated rings. The topological polar surface area (TPSA) is 135 Å².